The van der Waals surface area contributed by atoms with Crippen molar-refractivity contribution in [3.8, 4) is 0 Å². The molecule has 0 aliphatic rings. The maximum absolute atomic E-state index is 12.3. The van der Waals surface area contributed by atoms with Crippen LogP contribution in [-0.2, 0) is 11.2 Å². The Morgan fingerprint density at radius 1 is 1.28 bits per heavy atom. The molecular weight excluding hydrogens is 226 g/mol. The number of rotatable bonds is 1. The zero-order chi connectivity index (χ0) is 13.3. The number of carbonyl (C=O) groups is 1. The Morgan fingerprint density at radius 2 is 1.94 bits per heavy atom. The van der Waals surface area contributed by atoms with Crippen LogP contribution < -0.4 is 0 Å². The fourth-order valence-electron chi connectivity index (χ4n) is 2.00. The van der Waals surface area contributed by atoms with E-state index in [1.807, 2.05) is 58.0 Å². The molecule has 0 spiro atoms. The molecule has 0 amide bonds. The van der Waals surface area contributed by atoms with Crippen LogP contribution in [-0.4, -0.2) is 16.3 Å². The largest absolute Gasteiger partial charge is 0.443 e. The van der Waals surface area contributed by atoms with Crippen molar-refractivity contribution in [2.45, 2.75) is 39.7 Å². The molecule has 1 heterocycles. The molecule has 2 rings (SSSR count). The Balaban J connectivity index is 2.51. The first kappa shape index (κ1) is 12.7. The van der Waals surface area contributed by atoms with Crippen LogP contribution in [0, 0.1) is 0 Å². The van der Waals surface area contributed by atoms with Crippen LogP contribution in [0.4, 0.5) is 4.79 Å². The van der Waals surface area contributed by atoms with E-state index in [9.17, 15) is 4.79 Å². The highest BCUT2D eigenvalue weighted by Gasteiger charge is 2.21. The summed E-state index contributed by atoms with van der Waals surface area (Å²) in [7, 11) is 0. The van der Waals surface area contributed by atoms with Gasteiger partial charge in [-0.2, -0.15) is 0 Å². The van der Waals surface area contributed by atoms with Crippen molar-refractivity contribution in [3.63, 3.8) is 0 Å². The number of nitrogens with zero attached hydrogens (tertiary/aromatic N) is 1. The van der Waals surface area contributed by atoms with Gasteiger partial charge in [0.05, 0.1) is 5.52 Å². The van der Waals surface area contributed by atoms with E-state index >= 15 is 0 Å². The molecule has 3 heteroatoms. The summed E-state index contributed by atoms with van der Waals surface area (Å²) in [5.41, 5.74) is 1.40. The lowest BCUT2D eigenvalue weighted by atomic mass is 10.2. The summed E-state index contributed by atoms with van der Waals surface area (Å²) in [5.74, 6) is 0. The molecule has 1 aromatic carbocycles. The molecule has 0 N–H and O–H groups in total. The number of benzene rings is 1. The third-order valence-electron chi connectivity index (χ3n) is 2.73. The number of fused-ring (bicyclic) bond motifs is 1. The van der Waals surface area contributed by atoms with E-state index in [0.29, 0.717) is 0 Å². The van der Waals surface area contributed by atoms with E-state index in [4.69, 9.17) is 4.74 Å². The minimum Gasteiger partial charge on any atom is -0.443 e. The van der Waals surface area contributed by atoms with E-state index in [1.54, 1.807) is 4.57 Å². The summed E-state index contributed by atoms with van der Waals surface area (Å²) < 4.78 is 7.12. The molecule has 0 radical (unpaired) electrons. The molecule has 0 unspecified atom stereocenters. The van der Waals surface area contributed by atoms with Crippen molar-refractivity contribution in [1.82, 2.24) is 4.57 Å². The summed E-state index contributed by atoms with van der Waals surface area (Å²) in [5, 5.41) is 1.07. The monoisotopic (exact) mass is 245 g/mol. The molecule has 0 aliphatic carbocycles. The molecule has 0 saturated carbocycles. The van der Waals surface area contributed by atoms with Crippen molar-refractivity contribution in [1.29, 1.82) is 0 Å². The summed E-state index contributed by atoms with van der Waals surface area (Å²) in [4.78, 5) is 12.3. The van der Waals surface area contributed by atoms with Crippen LogP contribution in [0.5, 0.6) is 0 Å². The topological polar surface area (TPSA) is 31.2 Å². The van der Waals surface area contributed by atoms with Crippen molar-refractivity contribution < 1.29 is 9.53 Å². The van der Waals surface area contributed by atoms with Gasteiger partial charge in [-0.05, 0) is 39.3 Å². The number of ether oxygens (including phenoxy) is 1. The average molecular weight is 245 g/mol. The molecule has 0 fully saturated rings. The Hall–Kier alpha value is -1.77. The average Bonchev–Trinajstić information content (AvgIpc) is 2.64. The zero-order valence-electron chi connectivity index (χ0n) is 11.4. The highest BCUT2D eigenvalue weighted by Crippen LogP contribution is 2.22. The fraction of sp³-hybridized carbons (Fsp3) is 0.400. The lowest BCUT2D eigenvalue weighted by Crippen LogP contribution is -2.27. The number of hydrogen-bond donors (Lipinski definition) is 0. The van der Waals surface area contributed by atoms with Crippen molar-refractivity contribution in [2.24, 2.45) is 0 Å². The molecule has 0 bridgehead atoms. The number of aryl methyl sites for hydroxylation is 1. The highest BCUT2D eigenvalue weighted by molar-refractivity contribution is 5.90. The second-order valence-corrected chi connectivity index (χ2v) is 5.36. The summed E-state index contributed by atoms with van der Waals surface area (Å²) in [6.07, 6.45) is 0.494. The normalized spacial score (nSPS) is 11.8. The lowest BCUT2D eigenvalue weighted by Gasteiger charge is -2.20. The summed E-state index contributed by atoms with van der Waals surface area (Å²) >= 11 is 0. The number of para-hydroxylation sites is 1. The van der Waals surface area contributed by atoms with E-state index in [0.717, 1.165) is 23.0 Å². The Bertz CT molecular complexity index is 576. The first-order chi connectivity index (χ1) is 8.42. The Morgan fingerprint density at radius 3 is 2.56 bits per heavy atom. The zero-order valence-corrected chi connectivity index (χ0v) is 11.4. The lowest BCUT2D eigenvalue weighted by molar-refractivity contribution is 0.0540. The summed E-state index contributed by atoms with van der Waals surface area (Å²) in [6, 6.07) is 9.90. The molecule has 3 nitrogen and oxygen atoms in total. The second kappa shape index (κ2) is 4.48. The van der Waals surface area contributed by atoms with Gasteiger partial charge >= 0.3 is 6.09 Å². The van der Waals surface area contributed by atoms with Gasteiger partial charge < -0.3 is 4.74 Å². The van der Waals surface area contributed by atoms with Crippen LogP contribution in [0.2, 0.25) is 0 Å². The third kappa shape index (κ3) is 2.40. The van der Waals surface area contributed by atoms with Gasteiger partial charge in [-0.1, -0.05) is 25.1 Å². The minimum atomic E-state index is -0.479. The van der Waals surface area contributed by atoms with Crippen molar-refractivity contribution >= 4 is 17.0 Å². The van der Waals surface area contributed by atoms with Gasteiger partial charge in [-0.3, -0.25) is 0 Å². The minimum absolute atomic E-state index is 0.305. The van der Waals surface area contributed by atoms with Gasteiger partial charge in [0.1, 0.15) is 5.60 Å². The number of hydrogen-bond acceptors (Lipinski definition) is 2. The van der Waals surface area contributed by atoms with Gasteiger partial charge in [-0.25, -0.2) is 9.36 Å². The molecule has 0 atom stereocenters. The second-order valence-electron chi connectivity index (χ2n) is 5.36. The quantitative estimate of drug-likeness (QED) is 0.760. The third-order valence-corrected chi connectivity index (χ3v) is 2.73. The molecule has 18 heavy (non-hydrogen) atoms. The van der Waals surface area contributed by atoms with Crippen molar-refractivity contribution in [3.05, 3.63) is 36.0 Å². The van der Waals surface area contributed by atoms with Crippen LogP contribution in [0.1, 0.15) is 33.4 Å². The first-order valence-electron chi connectivity index (χ1n) is 6.25. The van der Waals surface area contributed by atoms with E-state index in [-0.39, 0.29) is 6.09 Å². The summed E-state index contributed by atoms with van der Waals surface area (Å²) in [6.45, 7) is 7.67. The highest BCUT2D eigenvalue weighted by atomic mass is 16.6. The van der Waals surface area contributed by atoms with E-state index < -0.39 is 5.60 Å². The van der Waals surface area contributed by atoms with Gasteiger partial charge in [0, 0.05) is 11.1 Å². The van der Waals surface area contributed by atoms with E-state index in [2.05, 4.69) is 0 Å². The van der Waals surface area contributed by atoms with Gasteiger partial charge in [-0.15, -0.1) is 0 Å². The SMILES string of the molecule is CCc1cc2ccccc2n1C(=O)OC(C)(C)C. The van der Waals surface area contributed by atoms with Crippen LogP contribution in [0.15, 0.2) is 30.3 Å². The molecule has 1 aromatic heterocycles. The van der Waals surface area contributed by atoms with Gasteiger partial charge in [0.2, 0.25) is 0 Å². The standard InChI is InChI=1S/C15H19NO2/c1-5-12-10-11-8-6-7-9-13(11)16(12)14(17)18-15(2,3)4/h6-10H,5H2,1-4H3. The van der Waals surface area contributed by atoms with E-state index in [1.165, 1.54) is 0 Å². The van der Waals surface area contributed by atoms with Gasteiger partial charge in [0.15, 0.2) is 0 Å². The Kier molecular flexibility index (Phi) is 3.16. The fourth-order valence-corrected chi connectivity index (χ4v) is 2.00. The predicted octanol–water partition coefficient (Wildman–Crippen LogP) is 3.99. The smallest absolute Gasteiger partial charge is 0.419 e. The predicted molar refractivity (Wildman–Crippen MR) is 72.9 cm³/mol. The van der Waals surface area contributed by atoms with Crippen LogP contribution in [0.3, 0.4) is 0 Å². The van der Waals surface area contributed by atoms with Crippen molar-refractivity contribution in [2.75, 3.05) is 0 Å². The maximum Gasteiger partial charge on any atom is 0.419 e. The Labute approximate surface area is 107 Å². The van der Waals surface area contributed by atoms with Crippen LogP contribution >= 0.6 is 0 Å². The molecule has 2 aromatic rings. The molecular formula is C15H19NO2. The number of aromatic nitrogens is 1. The maximum atomic E-state index is 12.3. The number of carbonyl (C=O) groups excluding carboxylic acids is 1. The molecule has 96 valence electrons. The first-order valence-corrected chi connectivity index (χ1v) is 6.25. The molecule has 0 saturated heterocycles. The van der Waals surface area contributed by atoms with Crippen LogP contribution in [0.25, 0.3) is 10.9 Å². The van der Waals surface area contributed by atoms with Gasteiger partial charge in [0.25, 0.3) is 0 Å². The molecule has 0 aliphatic heterocycles.